The lowest BCUT2D eigenvalue weighted by Gasteiger charge is -2.26. The fourth-order valence-corrected chi connectivity index (χ4v) is 4.73. The molecular formula is C14H19N2O7S2-. The molecule has 0 saturated carbocycles. The summed E-state index contributed by atoms with van der Waals surface area (Å²) in [4.78, 5) is 10.2. The van der Waals surface area contributed by atoms with E-state index in [1.54, 1.807) is 0 Å². The molecule has 9 nitrogen and oxygen atoms in total. The quantitative estimate of drug-likeness (QED) is 0.534. The minimum absolute atomic E-state index is 0.00491. The number of ether oxygens (including phenoxy) is 1. The standard InChI is InChI=1S/C14H20N2O7S2/c17-14(18)2-1-7-15-24(19,20)12-3-5-13(6-4-12)25(21,22)16-8-10-23-11-9-16/h3-6,15H,1-2,7-11H2,(H,17,18)/p-1. The summed E-state index contributed by atoms with van der Waals surface area (Å²) >= 11 is 0. The van der Waals surface area contributed by atoms with Crippen molar-refractivity contribution in [1.82, 2.24) is 9.03 Å². The lowest BCUT2D eigenvalue weighted by atomic mass is 10.3. The molecule has 0 aliphatic carbocycles. The van der Waals surface area contributed by atoms with Crippen LogP contribution in [0.2, 0.25) is 0 Å². The van der Waals surface area contributed by atoms with Crippen LogP contribution < -0.4 is 9.83 Å². The third kappa shape index (κ3) is 5.22. The summed E-state index contributed by atoms with van der Waals surface area (Å²) in [5.41, 5.74) is 0. The molecule has 2 rings (SSSR count). The first-order valence-corrected chi connectivity index (χ1v) is 10.5. The molecule has 0 amide bonds. The molecule has 1 aliphatic heterocycles. The number of sulfonamides is 2. The van der Waals surface area contributed by atoms with Gasteiger partial charge < -0.3 is 14.6 Å². The number of carboxylic acids is 1. The SMILES string of the molecule is O=C([O-])CCCNS(=O)(=O)c1ccc(S(=O)(=O)N2CCOCC2)cc1. The molecule has 140 valence electrons. The summed E-state index contributed by atoms with van der Waals surface area (Å²) in [5, 5.41) is 10.3. The lowest BCUT2D eigenvalue weighted by Crippen LogP contribution is -2.40. The molecule has 0 unspecified atom stereocenters. The van der Waals surface area contributed by atoms with Gasteiger partial charge in [-0.25, -0.2) is 21.6 Å². The Bertz CT molecular complexity index is 798. The van der Waals surface area contributed by atoms with Crippen molar-refractivity contribution in [2.75, 3.05) is 32.8 Å². The molecule has 1 fully saturated rings. The van der Waals surface area contributed by atoms with E-state index in [-0.39, 0.29) is 42.3 Å². The Balaban J connectivity index is 2.06. The van der Waals surface area contributed by atoms with Crippen molar-refractivity contribution >= 4 is 26.0 Å². The van der Waals surface area contributed by atoms with Gasteiger partial charge in [-0.15, -0.1) is 0 Å². The first kappa shape index (κ1) is 19.8. The van der Waals surface area contributed by atoms with Gasteiger partial charge in [-0.1, -0.05) is 0 Å². The Hall–Kier alpha value is -1.53. The molecule has 1 aromatic carbocycles. The number of hydrogen-bond acceptors (Lipinski definition) is 7. The van der Waals surface area contributed by atoms with E-state index in [0.29, 0.717) is 13.2 Å². The predicted octanol–water partition coefficient (Wildman–Crippen LogP) is -1.48. The molecular weight excluding hydrogens is 372 g/mol. The largest absolute Gasteiger partial charge is 0.550 e. The van der Waals surface area contributed by atoms with Gasteiger partial charge in [0, 0.05) is 25.6 Å². The van der Waals surface area contributed by atoms with Gasteiger partial charge in [0.05, 0.1) is 23.0 Å². The van der Waals surface area contributed by atoms with Crippen molar-refractivity contribution in [3.63, 3.8) is 0 Å². The molecule has 25 heavy (non-hydrogen) atoms. The minimum atomic E-state index is -3.84. The molecule has 0 bridgehead atoms. The average Bonchev–Trinajstić information content (AvgIpc) is 2.59. The fourth-order valence-electron chi connectivity index (χ4n) is 2.25. The maximum atomic E-state index is 12.5. The molecule has 0 atom stereocenters. The molecule has 1 saturated heterocycles. The van der Waals surface area contributed by atoms with Crippen LogP contribution >= 0.6 is 0 Å². The Morgan fingerprint density at radius 3 is 2.20 bits per heavy atom. The van der Waals surface area contributed by atoms with Crippen molar-refractivity contribution < 1.29 is 31.5 Å². The third-order valence-electron chi connectivity index (χ3n) is 3.59. The Kier molecular flexibility index (Phi) is 6.52. The molecule has 1 aromatic rings. The normalized spacial score (nSPS) is 16.6. The number of aliphatic carboxylic acids is 1. The van der Waals surface area contributed by atoms with Crippen molar-refractivity contribution in [3.05, 3.63) is 24.3 Å². The van der Waals surface area contributed by atoms with E-state index in [9.17, 15) is 26.7 Å². The molecule has 1 aliphatic rings. The van der Waals surface area contributed by atoms with Gasteiger partial charge in [-0.05, 0) is 37.1 Å². The Labute approximate surface area is 146 Å². The van der Waals surface area contributed by atoms with Crippen LogP contribution in [0.3, 0.4) is 0 Å². The average molecular weight is 391 g/mol. The summed E-state index contributed by atoms with van der Waals surface area (Å²) < 4.78 is 57.8. The van der Waals surface area contributed by atoms with Gasteiger partial charge in [0.15, 0.2) is 0 Å². The summed E-state index contributed by atoms with van der Waals surface area (Å²) in [5.74, 6) is -1.25. The Morgan fingerprint density at radius 2 is 1.64 bits per heavy atom. The first-order valence-electron chi connectivity index (χ1n) is 7.61. The summed E-state index contributed by atoms with van der Waals surface area (Å²) in [7, 11) is -7.53. The van der Waals surface area contributed by atoms with Crippen LogP contribution in [0.5, 0.6) is 0 Å². The van der Waals surface area contributed by atoms with Crippen molar-refractivity contribution in [2.24, 2.45) is 0 Å². The molecule has 0 spiro atoms. The summed E-state index contributed by atoms with van der Waals surface area (Å²) in [6, 6.07) is 4.88. The zero-order chi connectivity index (χ0) is 18.5. The van der Waals surface area contributed by atoms with E-state index in [4.69, 9.17) is 4.74 Å². The number of morpholine rings is 1. The van der Waals surface area contributed by atoms with Crippen LogP contribution in [0, 0.1) is 0 Å². The van der Waals surface area contributed by atoms with Gasteiger partial charge in [0.25, 0.3) is 0 Å². The van der Waals surface area contributed by atoms with E-state index >= 15 is 0 Å². The number of benzene rings is 1. The smallest absolute Gasteiger partial charge is 0.243 e. The maximum absolute atomic E-state index is 12.5. The number of rotatable bonds is 8. The summed E-state index contributed by atoms with van der Waals surface area (Å²) in [6.45, 7) is 1.10. The van der Waals surface area contributed by atoms with Crippen LogP contribution in [-0.4, -0.2) is 60.0 Å². The van der Waals surface area contributed by atoms with Crippen LogP contribution in [0.4, 0.5) is 0 Å². The predicted molar refractivity (Wildman–Crippen MR) is 85.4 cm³/mol. The highest BCUT2D eigenvalue weighted by molar-refractivity contribution is 7.89. The van der Waals surface area contributed by atoms with Crippen molar-refractivity contribution in [1.29, 1.82) is 0 Å². The van der Waals surface area contributed by atoms with Gasteiger partial charge in [-0.2, -0.15) is 4.31 Å². The monoisotopic (exact) mass is 391 g/mol. The van der Waals surface area contributed by atoms with Gasteiger partial charge >= 0.3 is 0 Å². The van der Waals surface area contributed by atoms with Crippen molar-refractivity contribution in [2.45, 2.75) is 22.6 Å². The lowest BCUT2D eigenvalue weighted by molar-refractivity contribution is -0.305. The third-order valence-corrected chi connectivity index (χ3v) is 6.98. The van der Waals surface area contributed by atoms with E-state index in [1.165, 1.54) is 28.6 Å². The number of hydrogen-bond donors (Lipinski definition) is 1. The minimum Gasteiger partial charge on any atom is -0.550 e. The molecule has 11 heteroatoms. The number of carbonyl (C=O) groups is 1. The Morgan fingerprint density at radius 1 is 1.08 bits per heavy atom. The second-order valence-electron chi connectivity index (χ2n) is 5.36. The van der Waals surface area contributed by atoms with Crippen molar-refractivity contribution in [3.8, 4) is 0 Å². The second-order valence-corrected chi connectivity index (χ2v) is 9.07. The van der Waals surface area contributed by atoms with Gasteiger partial charge in [-0.3, -0.25) is 0 Å². The first-order chi connectivity index (χ1) is 11.7. The molecule has 1 N–H and O–H groups in total. The number of nitrogens with zero attached hydrogens (tertiary/aromatic N) is 1. The topological polar surface area (TPSA) is 133 Å². The molecule has 0 aromatic heterocycles. The van der Waals surface area contributed by atoms with E-state index < -0.39 is 26.0 Å². The fraction of sp³-hybridized carbons (Fsp3) is 0.500. The molecule has 0 radical (unpaired) electrons. The van der Waals surface area contributed by atoms with Crippen LogP contribution in [-0.2, 0) is 29.6 Å². The number of carboxylic acid groups (broad SMARTS) is 1. The number of carbonyl (C=O) groups excluding carboxylic acids is 1. The summed E-state index contributed by atoms with van der Waals surface area (Å²) in [6.07, 6.45) is -0.149. The van der Waals surface area contributed by atoms with Crippen LogP contribution in [0.15, 0.2) is 34.1 Å². The second kappa shape index (κ2) is 8.23. The van der Waals surface area contributed by atoms with E-state index in [1.807, 2.05) is 0 Å². The van der Waals surface area contributed by atoms with Crippen LogP contribution in [0.1, 0.15) is 12.8 Å². The highest BCUT2D eigenvalue weighted by Crippen LogP contribution is 2.19. The zero-order valence-corrected chi connectivity index (χ0v) is 15.0. The van der Waals surface area contributed by atoms with E-state index in [2.05, 4.69) is 4.72 Å². The number of nitrogens with one attached hydrogen (secondary N) is 1. The highest BCUT2D eigenvalue weighted by atomic mass is 32.2. The maximum Gasteiger partial charge on any atom is 0.243 e. The zero-order valence-electron chi connectivity index (χ0n) is 13.4. The van der Waals surface area contributed by atoms with Gasteiger partial charge in [0.2, 0.25) is 20.0 Å². The van der Waals surface area contributed by atoms with Crippen LogP contribution in [0.25, 0.3) is 0 Å². The van der Waals surface area contributed by atoms with E-state index in [0.717, 1.165) is 0 Å². The highest BCUT2D eigenvalue weighted by Gasteiger charge is 2.26. The van der Waals surface area contributed by atoms with Gasteiger partial charge in [0.1, 0.15) is 0 Å². The molecule has 1 heterocycles.